The van der Waals surface area contributed by atoms with E-state index in [2.05, 4.69) is 5.32 Å². The highest BCUT2D eigenvalue weighted by Gasteiger charge is 2.35. The van der Waals surface area contributed by atoms with Gasteiger partial charge in [-0.1, -0.05) is 17.7 Å². The van der Waals surface area contributed by atoms with Gasteiger partial charge >= 0.3 is 0 Å². The van der Waals surface area contributed by atoms with Gasteiger partial charge < -0.3 is 14.6 Å². The minimum Gasteiger partial charge on any atom is -0.381 e. The molecule has 1 fully saturated rings. The third-order valence-corrected chi connectivity index (χ3v) is 5.07. The molecule has 1 N–H and O–H groups in total. The lowest BCUT2D eigenvalue weighted by Gasteiger charge is -2.38. The number of rotatable bonds is 4. The molecule has 0 bridgehead atoms. The van der Waals surface area contributed by atoms with Crippen molar-refractivity contribution >= 4 is 17.5 Å². The molecule has 5 nitrogen and oxygen atoms in total. The maximum absolute atomic E-state index is 13.3. The van der Waals surface area contributed by atoms with Crippen LogP contribution in [0.15, 0.2) is 41.3 Å². The highest BCUT2D eigenvalue weighted by Crippen LogP contribution is 2.29. The van der Waals surface area contributed by atoms with Crippen molar-refractivity contribution in [3.63, 3.8) is 0 Å². The lowest BCUT2D eigenvalue weighted by Crippen LogP contribution is -2.53. The van der Waals surface area contributed by atoms with E-state index < -0.39 is 11.4 Å². The summed E-state index contributed by atoms with van der Waals surface area (Å²) in [6.07, 6.45) is 3.24. The summed E-state index contributed by atoms with van der Waals surface area (Å²) in [6.45, 7) is 1.04. The molecule has 0 saturated carbocycles. The predicted molar refractivity (Wildman–Crippen MR) is 97.0 cm³/mol. The van der Waals surface area contributed by atoms with Crippen LogP contribution in [-0.4, -0.2) is 29.2 Å². The van der Waals surface area contributed by atoms with E-state index in [0.717, 1.165) is 5.56 Å². The van der Waals surface area contributed by atoms with Gasteiger partial charge in [-0.05, 0) is 43.0 Å². The van der Waals surface area contributed by atoms with E-state index >= 15 is 0 Å². The van der Waals surface area contributed by atoms with Crippen molar-refractivity contribution in [2.75, 3.05) is 13.2 Å². The smallest absolute Gasteiger partial charge is 0.253 e. The second-order valence-electron chi connectivity index (χ2n) is 6.63. The first-order valence-electron chi connectivity index (χ1n) is 8.39. The van der Waals surface area contributed by atoms with E-state index in [4.69, 9.17) is 16.3 Å². The first kappa shape index (κ1) is 18.6. The van der Waals surface area contributed by atoms with Crippen LogP contribution in [0.3, 0.4) is 0 Å². The molecule has 7 heteroatoms. The number of hydrogen-bond acceptors (Lipinski definition) is 3. The van der Waals surface area contributed by atoms with Gasteiger partial charge in [0.05, 0.1) is 5.56 Å². The van der Waals surface area contributed by atoms with Crippen LogP contribution in [0.2, 0.25) is 5.02 Å². The zero-order chi connectivity index (χ0) is 18.7. The summed E-state index contributed by atoms with van der Waals surface area (Å²) in [4.78, 5) is 24.3. The van der Waals surface area contributed by atoms with Crippen molar-refractivity contribution in [3.05, 3.63) is 68.8 Å². The Kier molecular flexibility index (Phi) is 5.44. The molecular weight excluding hydrogens is 359 g/mol. The fourth-order valence-electron chi connectivity index (χ4n) is 3.18. The van der Waals surface area contributed by atoms with Crippen LogP contribution in [0, 0.1) is 5.82 Å². The van der Waals surface area contributed by atoms with Crippen molar-refractivity contribution in [2.45, 2.75) is 24.8 Å². The number of aryl methyl sites for hydroxylation is 1. The number of carbonyl (C=O) groups is 1. The van der Waals surface area contributed by atoms with Gasteiger partial charge in [0.2, 0.25) is 5.56 Å². The molecule has 1 aliphatic heterocycles. The Hall–Kier alpha value is -2.18. The summed E-state index contributed by atoms with van der Waals surface area (Å²) in [5.74, 6) is -0.658. The molecule has 0 aliphatic carbocycles. The van der Waals surface area contributed by atoms with Crippen LogP contribution >= 0.6 is 11.6 Å². The molecule has 0 unspecified atom stereocenters. The Bertz CT molecular complexity index is 875. The molecule has 3 rings (SSSR count). The van der Waals surface area contributed by atoms with Crippen LogP contribution in [-0.2, 0) is 18.2 Å². The van der Waals surface area contributed by atoms with E-state index in [9.17, 15) is 14.0 Å². The number of ether oxygens (including phenoxy) is 1. The molecule has 1 aromatic heterocycles. The Morgan fingerprint density at radius 3 is 2.69 bits per heavy atom. The molecule has 26 heavy (non-hydrogen) atoms. The number of aromatic nitrogens is 1. The maximum atomic E-state index is 13.3. The largest absolute Gasteiger partial charge is 0.381 e. The molecular formula is C19H20ClFN2O3. The second-order valence-corrected chi connectivity index (χ2v) is 7.03. The van der Waals surface area contributed by atoms with Crippen LogP contribution in [0.1, 0.15) is 28.8 Å². The number of nitrogens with zero attached hydrogens (tertiary/aromatic N) is 1. The fraction of sp³-hybridized carbons (Fsp3) is 0.368. The van der Waals surface area contributed by atoms with Crippen LogP contribution < -0.4 is 10.9 Å². The molecule has 1 saturated heterocycles. The third-order valence-electron chi connectivity index (χ3n) is 4.72. The zero-order valence-electron chi connectivity index (χ0n) is 14.4. The number of hydrogen-bond donors (Lipinski definition) is 1. The maximum Gasteiger partial charge on any atom is 0.253 e. The minimum absolute atomic E-state index is 0.180. The second kappa shape index (κ2) is 7.60. The SMILES string of the molecule is Cn1cc(C(=O)NC2(Cc3ccc(F)cc3Cl)CCOCC2)ccc1=O. The normalized spacial score (nSPS) is 16.3. The number of pyridine rings is 1. The Balaban J connectivity index is 1.86. The summed E-state index contributed by atoms with van der Waals surface area (Å²) in [6, 6.07) is 7.16. The van der Waals surface area contributed by atoms with Crippen LogP contribution in [0.25, 0.3) is 0 Å². The van der Waals surface area contributed by atoms with Gasteiger partial charge in [0.1, 0.15) is 5.82 Å². The molecule has 2 aromatic rings. The lowest BCUT2D eigenvalue weighted by molar-refractivity contribution is 0.0359. The van der Waals surface area contributed by atoms with E-state index in [-0.39, 0.29) is 11.5 Å². The van der Waals surface area contributed by atoms with E-state index in [1.807, 2.05) is 0 Å². The molecule has 0 atom stereocenters. The number of amides is 1. The van der Waals surface area contributed by atoms with Crippen LogP contribution in [0.4, 0.5) is 4.39 Å². The molecule has 1 aliphatic rings. The lowest BCUT2D eigenvalue weighted by atomic mass is 9.83. The standard InChI is InChI=1S/C19H20ClFN2O3/c1-23-12-14(3-5-17(23)24)18(25)22-19(6-8-26-9-7-19)11-13-2-4-15(21)10-16(13)20/h2-5,10,12H,6-9,11H2,1H3,(H,22,25). The Morgan fingerprint density at radius 2 is 2.04 bits per heavy atom. The van der Waals surface area contributed by atoms with Gasteiger partial charge in [0.15, 0.2) is 0 Å². The van der Waals surface area contributed by atoms with E-state index in [1.165, 1.54) is 35.0 Å². The van der Waals surface area contributed by atoms with Gasteiger partial charge in [0, 0.05) is 43.1 Å². The molecule has 138 valence electrons. The number of benzene rings is 1. The predicted octanol–water partition coefficient (Wildman–Crippen LogP) is 2.70. The van der Waals surface area contributed by atoms with Crippen molar-refractivity contribution in [3.8, 4) is 0 Å². The fourth-order valence-corrected chi connectivity index (χ4v) is 3.41. The van der Waals surface area contributed by atoms with Crippen LogP contribution in [0.5, 0.6) is 0 Å². The average molecular weight is 379 g/mol. The summed E-state index contributed by atoms with van der Waals surface area (Å²) in [7, 11) is 1.60. The van der Waals surface area contributed by atoms with Gasteiger partial charge in [-0.25, -0.2) is 4.39 Å². The molecule has 1 amide bonds. The molecule has 0 radical (unpaired) electrons. The number of nitrogens with one attached hydrogen (secondary N) is 1. The summed E-state index contributed by atoms with van der Waals surface area (Å²) in [5.41, 5.74) is 0.463. The third kappa shape index (κ3) is 4.14. The quantitative estimate of drug-likeness (QED) is 0.889. The first-order chi connectivity index (χ1) is 12.4. The van der Waals surface area contributed by atoms with Crippen molar-refractivity contribution < 1.29 is 13.9 Å². The van der Waals surface area contributed by atoms with Crippen molar-refractivity contribution in [2.24, 2.45) is 7.05 Å². The number of carbonyl (C=O) groups excluding carboxylic acids is 1. The van der Waals surface area contributed by atoms with Crippen molar-refractivity contribution in [1.29, 1.82) is 0 Å². The van der Waals surface area contributed by atoms with E-state index in [0.29, 0.717) is 43.1 Å². The first-order valence-corrected chi connectivity index (χ1v) is 8.77. The monoisotopic (exact) mass is 378 g/mol. The van der Waals surface area contributed by atoms with Gasteiger partial charge in [-0.15, -0.1) is 0 Å². The van der Waals surface area contributed by atoms with Crippen molar-refractivity contribution in [1.82, 2.24) is 9.88 Å². The highest BCUT2D eigenvalue weighted by molar-refractivity contribution is 6.31. The molecule has 1 aromatic carbocycles. The average Bonchev–Trinajstić information content (AvgIpc) is 2.60. The summed E-state index contributed by atoms with van der Waals surface area (Å²) < 4.78 is 20.1. The van der Waals surface area contributed by atoms with Gasteiger partial charge in [0.25, 0.3) is 5.91 Å². The number of halogens is 2. The van der Waals surface area contributed by atoms with Gasteiger partial charge in [-0.2, -0.15) is 0 Å². The topological polar surface area (TPSA) is 60.3 Å². The van der Waals surface area contributed by atoms with E-state index in [1.54, 1.807) is 13.1 Å². The summed E-state index contributed by atoms with van der Waals surface area (Å²) >= 11 is 6.18. The van der Waals surface area contributed by atoms with Gasteiger partial charge in [-0.3, -0.25) is 9.59 Å². The Labute approximate surface area is 155 Å². The molecule has 2 heterocycles. The Morgan fingerprint density at radius 1 is 1.31 bits per heavy atom. The highest BCUT2D eigenvalue weighted by atomic mass is 35.5. The zero-order valence-corrected chi connectivity index (χ0v) is 15.2. The molecule has 0 spiro atoms. The summed E-state index contributed by atoms with van der Waals surface area (Å²) in [5, 5.41) is 3.44. The minimum atomic E-state index is -0.536.